The van der Waals surface area contributed by atoms with Gasteiger partial charge in [0, 0.05) is 35.9 Å². The number of benzene rings is 1. The van der Waals surface area contributed by atoms with Crippen molar-refractivity contribution < 1.29 is 26.7 Å². The Balaban J connectivity index is 1.64. The van der Waals surface area contributed by atoms with Crippen molar-refractivity contribution in [3.63, 3.8) is 0 Å². The molecule has 1 aliphatic carbocycles. The number of halogens is 6. The Hall–Kier alpha value is -2.34. The molecule has 0 amide bonds. The Kier molecular flexibility index (Phi) is 8.13. The van der Waals surface area contributed by atoms with Gasteiger partial charge >= 0.3 is 6.18 Å². The lowest BCUT2D eigenvalue weighted by molar-refractivity contribution is -0.142. The molecule has 0 fully saturated rings. The van der Waals surface area contributed by atoms with Crippen LogP contribution in [-0.4, -0.2) is 31.8 Å². The first-order valence-electron chi connectivity index (χ1n) is 11.2. The number of hydrogen-bond acceptors (Lipinski definition) is 5. The Morgan fingerprint density at radius 1 is 1.17 bits per heavy atom. The molecule has 0 unspecified atom stereocenters. The fourth-order valence-corrected chi connectivity index (χ4v) is 5.43. The van der Waals surface area contributed by atoms with Crippen LogP contribution in [0.3, 0.4) is 0 Å². The van der Waals surface area contributed by atoms with E-state index >= 15 is 0 Å². The normalized spacial score (nSPS) is 14.5. The van der Waals surface area contributed by atoms with Gasteiger partial charge in [-0.15, -0.1) is 0 Å². The molecule has 4 rings (SSSR count). The van der Waals surface area contributed by atoms with Gasteiger partial charge in [0.1, 0.15) is 11.6 Å². The molecule has 1 atom stereocenters. The number of alkyl halides is 3. The van der Waals surface area contributed by atoms with E-state index in [1.165, 1.54) is 34.8 Å². The van der Waals surface area contributed by atoms with Gasteiger partial charge in [0.2, 0.25) is 0 Å². The van der Waals surface area contributed by atoms with E-state index in [0.29, 0.717) is 39.4 Å². The van der Waals surface area contributed by atoms with E-state index in [1.807, 2.05) is 0 Å². The summed E-state index contributed by atoms with van der Waals surface area (Å²) in [6.45, 7) is -0.329. The number of carbonyl (C=O) groups is 1. The lowest BCUT2D eigenvalue weighted by atomic mass is 9.91. The van der Waals surface area contributed by atoms with Gasteiger partial charge in [-0.1, -0.05) is 11.8 Å². The standard InChI is InChI=1S/C24H22BrF5N4OS/c1-36-23-31-11-19(25)21(32-23)14(6-13-7-15(26)10-16(27)8-13)9-17(35)12-34-20-5-3-2-4-18(20)22(33-34)24(28,29)30/h7-8,10-11,14H,2-6,9,12H2,1H3/t14-/m0/s1. The zero-order valence-electron chi connectivity index (χ0n) is 19.2. The highest BCUT2D eigenvalue weighted by Crippen LogP contribution is 2.36. The van der Waals surface area contributed by atoms with Crippen LogP contribution in [0.1, 0.15) is 53.4 Å². The monoisotopic (exact) mass is 588 g/mol. The van der Waals surface area contributed by atoms with Crippen LogP contribution < -0.4 is 0 Å². The number of hydrogen-bond donors (Lipinski definition) is 0. The number of ketones is 1. The number of aromatic nitrogens is 4. The van der Waals surface area contributed by atoms with E-state index in [9.17, 15) is 26.7 Å². The van der Waals surface area contributed by atoms with Crippen LogP contribution in [0.4, 0.5) is 22.0 Å². The van der Waals surface area contributed by atoms with E-state index in [1.54, 1.807) is 6.26 Å². The summed E-state index contributed by atoms with van der Waals surface area (Å²) in [5.74, 6) is -2.46. The largest absolute Gasteiger partial charge is 0.435 e. The first-order chi connectivity index (χ1) is 17.0. The van der Waals surface area contributed by atoms with Crippen molar-refractivity contribution >= 4 is 33.5 Å². The van der Waals surface area contributed by atoms with Crippen LogP contribution >= 0.6 is 27.7 Å². The van der Waals surface area contributed by atoms with Crippen molar-refractivity contribution in [1.82, 2.24) is 19.7 Å². The highest BCUT2D eigenvalue weighted by Gasteiger charge is 2.39. The van der Waals surface area contributed by atoms with E-state index in [4.69, 9.17) is 0 Å². The molecule has 0 spiro atoms. The molecule has 0 saturated carbocycles. The average Bonchev–Trinajstić information content (AvgIpc) is 3.17. The van der Waals surface area contributed by atoms with Gasteiger partial charge in [0.25, 0.3) is 0 Å². The predicted molar refractivity (Wildman–Crippen MR) is 128 cm³/mol. The van der Waals surface area contributed by atoms with Gasteiger partial charge in [-0.25, -0.2) is 18.7 Å². The molecular weight excluding hydrogens is 567 g/mol. The summed E-state index contributed by atoms with van der Waals surface area (Å²) in [5.41, 5.74) is 0.484. The molecule has 0 saturated heterocycles. The third-order valence-electron chi connectivity index (χ3n) is 6.05. The van der Waals surface area contributed by atoms with E-state index in [-0.39, 0.29) is 37.2 Å². The van der Waals surface area contributed by atoms with Crippen molar-refractivity contribution in [3.8, 4) is 0 Å². The first kappa shape index (κ1) is 26.7. The summed E-state index contributed by atoms with van der Waals surface area (Å²) < 4.78 is 70.0. The smallest absolute Gasteiger partial charge is 0.298 e. The zero-order valence-corrected chi connectivity index (χ0v) is 21.6. The van der Waals surface area contributed by atoms with Crippen LogP contribution in [0.2, 0.25) is 0 Å². The van der Waals surface area contributed by atoms with Crippen molar-refractivity contribution in [2.75, 3.05) is 6.26 Å². The second-order valence-electron chi connectivity index (χ2n) is 8.65. The fraction of sp³-hybridized carbons (Fsp3) is 0.417. The summed E-state index contributed by atoms with van der Waals surface area (Å²) in [4.78, 5) is 21.8. The van der Waals surface area contributed by atoms with E-state index < -0.39 is 29.4 Å². The van der Waals surface area contributed by atoms with Gasteiger partial charge in [0.05, 0.1) is 16.7 Å². The molecule has 36 heavy (non-hydrogen) atoms. The number of fused-ring (bicyclic) bond motifs is 1. The predicted octanol–water partition coefficient (Wildman–Crippen LogP) is 6.32. The molecule has 1 aromatic carbocycles. The van der Waals surface area contributed by atoms with Crippen LogP contribution in [0.5, 0.6) is 0 Å². The maximum atomic E-state index is 13.8. The minimum Gasteiger partial charge on any atom is -0.298 e. The van der Waals surface area contributed by atoms with E-state index in [0.717, 1.165) is 12.5 Å². The minimum atomic E-state index is -4.60. The van der Waals surface area contributed by atoms with Crippen LogP contribution in [0.25, 0.3) is 0 Å². The van der Waals surface area contributed by atoms with Crippen molar-refractivity contribution in [3.05, 3.63) is 68.7 Å². The molecule has 12 heteroatoms. The molecule has 0 bridgehead atoms. The lowest BCUT2D eigenvalue weighted by Gasteiger charge is -2.19. The molecule has 0 radical (unpaired) electrons. The van der Waals surface area contributed by atoms with Crippen molar-refractivity contribution in [1.29, 1.82) is 0 Å². The molecule has 2 aromatic heterocycles. The Morgan fingerprint density at radius 2 is 1.86 bits per heavy atom. The number of carbonyl (C=O) groups excluding carboxylic acids is 1. The zero-order chi connectivity index (χ0) is 26.0. The first-order valence-corrected chi connectivity index (χ1v) is 13.3. The molecule has 192 valence electrons. The van der Waals surface area contributed by atoms with Crippen LogP contribution in [0, 0.1) is 11.6 Å². The number of Topliss-reactive ketones (excluding diaryl/α,β-unsaturated/α-hetero) is 1. The Labute approximate surface area is 217 Å². The molecule has 5 nitrogen and oxygen atoms in total. The highest BCUT2D eigenvalue weighted by atomic mass is 79.9. The highest BCUT2D eigenvalue weighted by molar-refractivity contribution is 9.10. The number of nitrogens with zero attached hydrogens (tertiary/aromatic N) is 4. The summed E-state index contributed by atoms with van der Waals surface area (Å²) in [6, 6.07) is 3.13. The van der Waals surface area contributed by atoms with E-state index in [2.05, 4.69) is 31.0 Å². The average molecular weight is 589 g/mol. The summed E-state index contributed by atoms with van der Waals surface area (Å²) in [6.07, 6.45) is 0.770. The van der Waals surface area contributed by atoms with Gasteiger partial charge in [-0.2, -0.15) is 18.3 Å². The Bertz CT molecular complexity index is 1260. The summed E-state index contributed by atoms with van der Waals surface area (Å²) in [5, 5.41) is 4.22. The molecule has 0 aliphatic heterocycles. The summed E-state index contributed by atoms with van der Waals surface area (Å²) in [7, 11) is 0. The lowest BCUT2D eigenvalue weighted by Crippen LogP contribution is -2.20. The third-order valence-corrected chi connectivity index (χ3v) is 7.22. The van der Waals surface area contributed by atoms with Gasteiger partial charge < -0.3 is 0 Å². The number of thioether (sulfide) groups is 1. The molecular formula is C24H22BrF5N4OS. The molecule has 0 N–H and O–H groups in total. The van der Waals surface area contributed by atoms with Crippen molar-refractivity contribution in [2.45, 2.75) is 62.3 Å². The van der Waals surface area contributed by atoms with Gasteiger partial charge in [0.15, 0.2) is 16.6 Å². The SMILES string of the molecule is CSc1ncc(Br)c([C@H](CC(=O)Cn2nc(C(F)(F)F)c3c2CCCC3)Cc2cc(F)cc(F)c2)n1. The van der Waals surface area contributed by atoms with Crippen molar-refractivity contribution in [2.24, 2.45) is 0 Å². The third kappa shape index (κ3) is 6.13. The summed E-state index contributed by atoms with van der Waals surface area (Å²) >= 11 is 4.69. The quantitative estimate of drug-likeness (QED) is 0.175. The van der Waals surface area contributed by atoms with Crippen LogP contribution in [-0.2, 0) is 36.8 Å². The second kappa shape index (κ2) is 11.0. The minimum absolute atomic E-state index is 0.0921. The number of rotatable bonds is 8. The second-order valence-corrected chi connectivity index (χ2v) is 10.3. The maximum absolute atomic E-state index is 13.8. The molecule has 1 aliphatic rings. The molecule has 2 heterocycles. The Morgan fingerprint density at radius 3 is 2.53 bits per heavy atom. The van der Waals surface area contributed by atoms with Gasteiger partial charge in [-0.3, -0.25) is 9.48 Å². The maximum Gasteiger partial charge on any atom is 0.435 e. The van der Waals surface area contributed by atoms with Gasteiger partial charge in [-0.05, 0) is 72.0 Å². The fourth-order valence-electron chi connectivity index (χ4n) is 4.56. The molecule has 3 aromatic rings. The van der Waals surface area contributed by atoms with Crippen LogP contribution in [0.15, 0.2) is 34.0 Å². The topological polar surface area (TPSA) is 60.7 Å².